The van der Waals surface area contributed by atoms with Gasteiger partial charge in [-0.05, 0) is 24.6 Å². The minimum absolute atomic E-state index is 0.149. The molecular formula is C12H16F3NO. The smallest absolute Gasteiger partial charge is 0.396 e. The highest BCUT2D eigenvalue weighted by Crippen LogP contribution is 2.35. The summed E-state index contributed by atoms with van der Waals surface area (Å²) in [6.07, 6.45) is -4.10. The number of hydrogen-bond acceptors (Lipinski definition) is 2. The van der Waals surface area contributed by atoms with E-state index < -0.39 is 17.8 Å². The molecule has 0 fully saturated rings. The van der Waals surface area contributed by atoms with Crippen molar-refractivity contribution in [1.29, 1.82) is 0 Å². The molecule has 0 aliphatic heterocycles. The molecule has 96 valence electrons. The van der Waals surface area contributed by atoms with Gasteiger partial charge in [0.1, 0.15) is 0 Å². The first kappa shape index (κ1) is 14.0. The van der Waals surface area contributed by atoms with Crippen LogP contribution < -0.4 is 5.32 Å². The van der Waals surface area contributed by atoms with E-state index in [1.54, 1.807) is 6.07 Å². The van der Waals surface area contributed by atoms with Crippen molar-refractivity contribution >= 4 is 0 Å². The highest BCUT2D eigenvalue weighted by Gasteiger charge is 2.34. The Morgan fingerprint density at radius 1 is 1.29 bits per heavy atom. The minimum atomic E-state index is -4.36. The van der Waals surface area contributed by atoms with Gasteiger partial charge in [-0.15, -0.1) is 0 Å². The molecule has 5 heteroatoms. The molecule has 0 heterocycles. The average molecular weight is 247 g/mol. The molecule has 1 aromatic carbocycles. The Morgan fingerprint density at radius 2 is 1.94 bits per heavy atom. The zero-order valence-electron chi connectivity index (χ0n) is 9.59. The summed E-state index contributed by atoms with van der Waals surface area (Å²) in [6, 6.07) is 4.99. The van der Waals surface area contributed by atoms with Crippen LogP contribution in [-0.2, 0) is 6.18 Å². The third-order valence-corrected chi connectivity index (χ3v) is 2.51. The van der Waals surface area contributed by atoms with Gasteiger partial charge in [-0.2, -0.15) is 13.2 Å². The van der Waals surface area contributed by atoms with E-state index in [2.05, 4.69) is 5.32 Å². The van der Waals surface area contributed by atoms with E-state index in [1.807, 2.05) is 6.92 Å². The van der Waals surface area contributed by atoms with Crippen LogP contribution in [0.1, 0.15) is 30.5 Å². The number of benzene rings is 1. The van der Waals surface area contributed by atoms with Gasteiger partial charge >= 0.3 is 6.18 Å². The Morgan fingerprint density at radius 3 is 2.47 bits per heavy atom. The normalized spacial score (nSPS) is 13.7. The Bertz CT molecular complexity index is 346. The molecule has 1 rings (SSSR count). The average Bonchev–Trinajstić information content (AvgIpc) is 2.28. The van der Waals surface area contributed by atoms with Crippen molar-refractivity contribution in [3.8, 4) is 0 Å². The minimum Gasteiger partial charge on any atom is -0.396 e. The lowest BCUT2D eigenvalue weighted by molar-refractivity contribution is -0.138. The van der Waals surface area contributed by atoms with Gasteiger partial charge in [-0.3, -0.25) is 0 Å². The fourth-order valence-electron chi connectivity index (χ4n) is 1.80. The number of aliphatic hydroxyl groups excluding tert-OH is 1. The van der Waals surface area contributed by atoms with Crippen LogP contribution in [0.3, 0.4) is 0 Å². The van der Waals surface area contributed by atoms with Crippen LogP contribution in [0.15, 0.2) is 24.3 Å². The summed E-state index contributed by atoms with van der Waals surface area (Å²) in [5.41, 5.74) is -0.449. The molecule has 0 bridgehead atoms. The quantitative estimate of drug-likeness (QED) is 0.838. The molecule has 0 radical (unpaired) electrons. The van der Waals surface area contributed by atoms with E-state index in [-0.39, 0.29) is 18.6 Å². The second kappa shape index (κ2) is 6.02. The lowest BCUT2D eigenvalue weighted by Gasteiger charge is -2.21. The first-order chi connectivity index (χ1) is 8.00. The monoisotopic (exact) mass is 247 g/mol. The summed E-state index contributed by atoms with van der Waals surface area (Å²) in [4.78, 5) is 0. The van der Waals surface area contributed by atoms with Crippen molar-refractivity contribution in [2.24, 2.45) is 0 Å². The van der Waals surface area contributed by atoms with Gasteiger partial charge in [0.2, 0.25) is 0 Å². The van der Waals surface area contributed by atoms with Crippen molar-refractivity contribution in [3.63, 3.8) is 0 Å². The van der Waals surface area contributed by atoms with Crippen molar-refractivity contribution in [1.82, 2.24) is 5.32 Å². The number of halogens is 3. The Labute approximate surface area is 98.5 Å². The molecule has 0 saturated heterocycles. The second-order valence-electron chi connectivity index (χ2n) is 3.71. The van der Waals surface area contributed by atoms with Crippen molar-refractivity contribution in [2.45, 2.75) is 25.6 Å². The summed E-state index contributed by atoms with van der Waals surface area (Å²) >= 11 is 0. The Hall–Kier alpha value is -1.07. The molecule has 0 aliphatic carbocycles. The summed E-state index contributed by atoms with van der Waals surface area (Å²) in [5, 5.41) is 11.8. The van der Waals surface area contributed by atoms with Gasteiger partial charge in [0.05, 0.1) is 5.56 Å². The first-order valence-corrected chi connectivity index (χ1v) is 5.51. The highest BCUT2D eigenvalue weighted by atomic mass is 19.4. The number of alkyl halides is 3. The third kappa shape index (κ3) is 3.71. The number of hydrogen-bond donors (Lipinski definition) is 2. The lowest BCUT2D eigenvalue weighted by Crippen LogP contribution is -2.24. The number of rotatable bonds is 5. The number of nitrogens with one attached hydrogen (secondary N) is 1. The van der Waals surface area contributed by atoms with Crippen molar-refractivity contribution in [3.05, 3.63) is 35.4 Å². The van der Waals surface area contributed by atoms with Gasteiger partial charge in [0.25, 0.3) is 0 Å². The van der Waals surface area contributed by atoms with Crippen LogP contribution in [0.4, 0.5) is 13.2 Å². The molecule has 0 aromatic heterocycles. The van der Waals surface area contributed by atoms with E-state index in [0.29, 0.717) is 6.54 Å². The second-order valence-corrected chi connectivity index (χ2v) is 3.71. The van der Waals surface area contributed by atoms with Gasteiger partial charge in [0.15, 0.2) is 0 Å². The molecule has 0 spiro atoms. The van der Waals surface area contributed by atoms with E-state index in [9.17, 15) is 13.2 Å². The van der Waals surface area contributed by atoms with Gasteiger partial charge in [-0.25, -0.2) is 0 Å². The molecule has 1 unspecified atom stereocenters. The first-order valence-electron chi connectivity index (χ1n) is 5.51. The lowest BCUT2D eigenvalue weighted by atomic mass is 9.97. The van der Waals surface area contributed by atoms with Crippen LogP contribution in [0.2, 0.25) is 0 Å². The van der Waals surface area contributed by atoms with Crippen molar-refractivity contribution < 1.29 is 18.3 Å². The highest BCUT2D eigenvalue weighted by molar-refractivity contribution is 5.32. The van der Waals surface area contributed by atoms with Crippen LogP contribution in [0.5, 0.6) is 0 Å². The topological polar surface area (TPSA) is 32.3 Å². The Balaban J connectivity index is 3.09. The van der Waals surface area contributed by atoms with E-state index in [1.165, 1.54) is 12.1 Å². The zero-order chi connectivity index (χ0) is 12.9. The fraction of sp³-hybridized carbons (Fsp3) is 0.500. The van der Waals surface area contributed by atoms with Crippen LogP contribution >= 0.6 is 0 Å². The fourth-order valence-corrected chi connectivity index (χ4v) is 1.80. The van der Waals surface area contributed by atoms with E-state index in [4.69, 9.17) is 5.11 Å². The molecule has 0 saturated carbocycles. The summed E-state index contributed by atoms with van der Waals surface area (Å²) in [5.74, 6) is 0. The molecule has 2 N–H and O–H groups in total. The standard InChI is InChI=1S/C12H16F3NO/c1-2-16-11(7-8-17)9-5-3-4-6-10(9)12(13,14)15/h3-6,11,16-17H,2,7-8H2,1H3. The summed E-state index contributed by atoms with van der Waals surface area (Å²) < 4.78 is 38.4. The Kier molecular flexibility index (Phi) is 4.96. The molecule has 0 amide bonds. The largest absolute Gasteiger partial charge is 0.416 e. The molecular weight excluding hydrogens is 231 g/mol. The van der Waals surface area contributed by atoms with Gasteiger partial charge in [-0.1, -0.05) is 25.1 Å². The third-order valence-electron chi connectivity index (χ3n) is 2.51. The summed E-state index contributed by atoms with van der Waals surface area (Å²) in [7, 11) is 0. The number of aliphatic hydroxyl groups is 1. The van der Waals surface area contributed by atoms with Crippen molar-refractivity contribution in [2.75, 3.05) is 13.2 Å². The maximum atomic E-state index is 12.8. The molecule has 17 heavy (non-hydrogen) atoms. The predicted molar refractivity (Wildman–Crippen MR) is 59.6 cm³/mol. The predicted octanol–water partition coefficient (Wildman–Crippen LogP) is 2.74. The van der Waals surface area contributed by atoms with Crippen LogP contribution in [0, 0.1) is 0 Å². The van der Waals surface area contributed by atoms with E-state index >= 15 is 0 Å². The zero-order valence-corrected chi connectivity index (χ0v) is 9.59. The molecule has 0 aliphatic rings. The van der Waals surface area contributed by atoms with Crippen LogP contribution in [-0.4, -0.2) is 18.3 Å². The van der Waals surface area contributed by atoms with Crippen LogP contribution in [0.25, 0.3) is 0 Å². The molecule has 2 nitrogen and oxygen atoms in total. The molecule has 1 aromatic rings. The van der Waals surface area contributed by atoms with Gasteiger partial charge < -0.3 is 10.4 Å². The summed E-state index contributed by atoms with van der Waals surface area (Å²) in [6.45, 7) is 2.22. The molecule has 1 atom stereocenters. The maximum absolute atomic E-state index is 12.8. The maximum Gasteiger partial charge on any atom is 0.416 e. The van der Waals surface area contributed by atoms with E-state index in [0.717, 1.165) is 6.07 Å². The SMILES string of the molecule is CCNC(CCO)c1ccccc1C(F)(F)F. The van der Waals surface area contributed by atoms with Gasteiger partial charge in [0, 0.05) is 12.6 Å².